The number of nitro groups is 1. The van der Waals surface area contributed by atoms with Crippen LogP contribution in [0.1, 0.15) is 11.6 Å². The second-order valence-electron chi connectivity index (χ2n) is 4.98. The van der Waals surface area contributed by atoms with Gasteiger partial charge in [-0.05, 0) is 17.7 Å². The quantitative estimate of drug-likeness (QED) is 0.636. The molecule has 21 heavy (non-hydrogen) atoms. The van der Waals surface area contributed by atoms with Gasteiger partial charge in [0.15, 0.2) is 0 Å². The second kappa shape index (κ2) is 7.13. The van der Waals surface area contributed by atoms with Crippen LogP contribution in [0.2, 0.25) is 0 Å². The summed E-state index contributed by atoms with van der Waals surface area (Å²) in [4.78, 5) is 14.4. The summed E-state index contributed by atoms with van der Waals surface area (Å²) in [5.41, 5.74) is 0.807. The Morgan fingerprint density at radius 3 is 2.38 bits per heavy atom. The van der Waals surface area contributed by atoms with Crippen molar-refractivity contribution in [3.05, 3.63) is 39.9 Å². The molecule has 1 atom stereocenters. The van der Waals surface area contributed by atoms with Gasteiger partial charge in [0, 0.05) is 44.9 Å². The van der Waals surface area contributed by atoms with E-state index in [0.717, 1.165) is 31.7 Å². The van der Waals surface area contributed by atoms with Crippen molar-refractivity contribution >= 4 is 5.69 Å². The van der Waals surface area contributed by atoms with Crippen molar-refractivity contribution < 1.29 is 10.0 Å². The van der Waals surface area contributed by atoms with Crippen molar-refractivity contribution in [3.63, 3.8) is 0 Å². The number of hydrogen-bond donors (Lipinski definition) is 1. The molecular formula is C14H18N4O3. The Bertz CT molecular complexity index is 518. The standard InChI is InChI=1S/C14H18N4O3/c15-11-14(12-1-3-13(4-2-12)18(20)21)17-7-5-16(6-8-17)9-10-19/h1-4,14,19H,5-10H2. The van der Waals surface area contributed by atoms with Gasteiger partial charge < -0.3 is 5.11 Å². The monoisotopic (exact) mass is 290 g/mol. The number of nitro benzene ring substituents is 1. The Morgan fingerprint density at radius 1 is 1.29 bits per heavy atom. The smallest absolute Gasteiger partial charge is 0.269 e. The van der Waals surface area contributed by atoms with Crippen molar-refractivity contribution in [3.8, 4) is 6.07 Å². The van der Waals surface area contributed by atoms with Gasteiger partial charge in [0.25, 0.3) is 5.69 Å². The average molecular weight is 290 g/mol. The van der Waals surface area contributed by atoms with Crippen LogP contribution in [0.4, 0.5) is 5.69 Å². The van der Waals surface area contributed by atoms with E-state index in [-0.39, 0.29) is 18.3 Å². The number of hydrogen-bond acceptors (Lipinski definition) is 6. The zero-order chi connectivity index (χ0) is 15.2. The molecule has 1 fully saturated rings. The van der Waals surface area contributed by atoms with E-state index in [2.05, 4.69) is 15.9 Å². The maximum Gasteiger partial charge on any atom is 0.269 e. The third-order valence-corrected chi connectivity index (χ3v) is 3.73. The third-order valence-electron chi connectivity index (χ3n) is 3.73. The van der Waals surface area contributed by atoms with Crippen LogP contribution < -0.4 is 0 Å². The first kappa shape index (κ1) is 15.4. The maximum atomic E-state index is 10.7. The zero-order valence-electron chi connectivity index (χ0n) is 11.7. The van der Waals surface area contributed by atoms with Gasteiger partial charge in [0.2, 0.25) is 0 Å². The van der Waals surface area contributed by atoms with Crippen LogP contribution in [0.5, 0.6) is 0 Å². The van der Waals surface area contributed by atoms with E-state index in [9.17, 15) is 15.4 Å². The maximum absolute atomic E-state index is 10.7. The molecule has 0 bridgehead atoms. The van der Waals surface area contributed by atoms with Gasteiger partial charge in [0.1, 0.15) is 6.04 Å². The fourth-order valence-electron chi connectivity index (χ4n) is 2.53. The molecule has 0 radical (unpaired) electrons. The second-order valence-corrected chi connectivity index (χ2v) is 4.98. The number of β-amino-alcohol motifs (C(OH)–C–C–N with tert-alkyl or cyclic N) is 1. The summed E-state index contributed by atoms with van der Waals surface area (Å²) in [6.45, 7) is 3.91. The van der Waals surface area contributed by atoms with Crippen molar-refractivity contribution in [1.82, 2.24) is 9.80 Å². The summed E-state index contributed by atoms with van der Waals surface area (Å²) >= 11 is 0. The Balaban J connectivity index is 2.03. The molecule has 1 aliphatic heterocycles. The molecule has 7 nitrogen and oxygen atoms in total. The highest BCUT2D eigenvalue weighted by Crippen LogP contribution is 2.23. The van der Waals surface area contributed by atoms with E-state index < -0.39 is 4.92 Å². The van der Waals surface area contributed by atoms with E-state index in [1.165, 1.54) is 12.1 Å². The number of non-ortho nitro benzene ring substituents is 1. The van der Waals surface area contributed by atoms with Gasteiger partial charge in [-0.1, -0.05) is 0 Å². The minimum absolute atomic E-state index is 0.0307. The topological polar surface area (TPSA) is 93.6 Å². The lowest BCUT2D eigenvalue weighted by atomic mass is 10.1. The number of benzene rings is 1. The minimum Gasteiger partial charge on any atom is -0.395 e. The van der Waals surface area contributed by atoms with Gasteiger partial charge in [-0.3, -0.25) is 19.9 Å². The van der Waals surface area contributed by atoms with Crippen LogP contribution in [0.15, 0.2) is 24.3 Å². The van der Waals surface area contributed by atoms with E-state index in [0.29, 0.717) is 6.54 Å². The van der Waals surface area contributed by atoms with Crippen molar-refractivity contribution in [2.45, 2.75) is 6.04 Å². The van der Waals surface area contributed by atoms with Crippen LogP contribution in [-0.2, 0) is 0 Å². The molecule has 2 rings (SSSR count). The zero-order valence-corrected chi connectivity index (χ0v) is 11.7. The summed E-state index contributed by atoms with van der Waals surface area (Å²) in [5, 5.41) is 29.0. The van der Waals surface area contributed by atoms with Crippen molar-refractivity contribution in [2.24, 2.45) is 0 Å². The van der Waals surface area contributed by atoms with Crippen LogP contribution in [-0.4, -0.2) is 59.2 Å². The summed E-state index contributed by atoms with van der Waals surface area (Å²) in [7, 11) is 0. The lowest BCUT2D eigenvalue weighted by molar-refractivity contribution is -0.384. The average Bonchev–Trinajstić information content (AvgIpc) is 2.50. The largest absolute Gasteiger partial charge is 0.395 e. The molecule has 7 heteroatoms. The van der Waals surface area contributed by atoms with Crippen LogP contribution >= 0.6 is 0 Å². The molecule has 0 spiro atoms. The molecule has 0 aliphatic carbocycles. The molecule has 1 aromatic carbocycles. The van der Waals surface area contributed by atoms with Crippen LogP contribution in [0.25, 0.3) is 0 Å². The van der Waals surface area contributed by atoms with Crippen molar-refractivity contribution in [1.29, 1.82) is 5.26 Å². The van der Waals surface area contributed by atoms with E-state index in [1.807, 2.05) is 0 Å². The summed E-state index contributed by atoms with van der Waals surface area (Å²) in [6.07, 6.45) is 0. The SMILES string of the molecule is N#CC(c1ccc([N+](=O)[O-])cc1)N1CCN(CCO)CC1. The number of rotatable bonds is 5. The van der Waals surface area contributed by atoms with Crippen molar-refractivity contribution in [2.75, 3.05) is 39.3 Å². The summed E-state index contributed by atoms with van der Waals surface area (Å²) in [5.74, 6) is 0. The number of piperazine rings is 1. The van der Waals surface area contributed by atoms with E-state index in [4.69, 9.17) is 5.11 Å². The molecule has 1 N–H and O–H groups in total. The van der Waals surface area contributed by atoms with Crippen LogP contribution in [0.3, 0.4) is 0 Å². The highest BCUT2D eigenvalue weighted by Gasteiger charge is 2.25. The lowest BCUT2D eigenvalue weighted by Gasteiger charge is -2.36. The van der Waals surface area contributed by atoms with Gasteiger partial charge in [-0.2, -0.15) is 5.26 Å². The van der Waals surface area contributed by atoms with Gasteiger partial charge >= 0.3 is 0 Å². The molecular weight excluding hydrogens is 272 g/mol. The highest BCUT2D eigenvalue weighted by atomic mass is 16.6. The molecule has 1 heterocycles. The third kappa shape index (κ3) is 3.76. The van der Waals surface area contributed by atoms with E-state index >= 15 is 0 Å². The number of nitriles is 1. The Hall–Kier alpha value is -2.01. The number of aliphatic hydroxyl groups excluding tert-OH is 1. The predicted octanol–water partition coefficient (Wildman–Crippen LogP) is 0.769. The Kier molecular flexibility index (Phi) is 5.22. The van der Waals surface area contributed by atoms with E-state index in [1.54, 1.807) is 12.1 Å². The predicted molar refractivity (Wildman–Crippen MR) is 76.5 cm³/mol. The normalized spacial score (nSPS) is 18.1. The number of nitrogens with zero attached hydrogens (tertiary/aromatic N) is 4. The fourth-order valence-corrected chi connectivity index (χ4v) is 2.53. The van der Waals surface area contributed by atoms with Crippen LogP contribution in [0, 0.1) is 21.4 Å². The summed E-state index contributed by atoms with van der Waals surface area (Å²) in [6, 6.07) is 8.04. The molecule has 1 unspecified atom stereocenters. The van der Waals surface area contributed by atoms with Gasteiger partial charge in [-0.25, -0.2) is 0 Å². The molecule has 1 saturated heterocycles. The summed E-state index contributed by atoms with van der Waals surface area (Å²) < 4.78 is 0. The Labute approximate surface area is 123 Å². The lowest BCUT2D eigenvalue weighted by Crippen LogP contribution is -2.48. The molecule has 1 aromatic rings. The first-order chi connectivity index (χ1) is 10.2. The molecule has 0 aromatic heterocycles. The molecule has 0 saturated carbocycles. The molecule has 1 aliphatic rings. The van der Waals surface area contributed by atoms with Gasteiger partial charge in [0.05, 0.1) is 17.6 Å². The number of aliphatic hydroxyl groups is 1. The van der Waals surface area contributed by atoms with Gasteiger partial charge in [-0.15, -0.1) is 0 Å². The molecule has 112 valence electrons. The first-order valence-corrected chi connectivity index (χ1v) is 6.87. The highest BCUT2D eigenvalue weighted by molar-refractivity contribution is 5.36. The minimum atomic E-state index is -0.446. The molecule has 0 amide bonds. The Morgan fingerprint density at radius 2 is 1.90 bits per heavy atom. The fraction of sp³-hybridized carbons (Fsp3) is 0.500. The first-order valence-electron chi connectivity index (χ1n) is 6.87.